The number of rotatable bonds is 6. The Morgan fingerprint density at radius 1 is 1.15 bits per heavy atom. The van der Waals surface area contributed by atoms with Crippen LogP contribution in [-0.4, -0.2) is 34.9 Å². The molecule has 2 aromatic carbocycles. The number of ether oxygens (including phenoxy) is 1. The van der Waals surface area contributed by atoms with Crippen molar-refractivity contribution in [2.45, 2.75) is 25.8 Å². The molecule has 4 rings (SSSR count). The summed E-state index contributed by atoms with van der Waals surface area (Å²) in [5.74, 6) is 2.26. The minimum atomic E-state index is 0.348. The maximum absolute atomic E-state index is 5.40. The lowest BCUT2D eigenvalue weighted by Gasteiger charge is -2.23. The summed E-state index contributed by atoms with van der Waals surface area (Å²) in [7, 11) is 1.69. The van der Waals surface area contributed by atoms with Gasteiger partial charge in [0.05, 0.1) is 13.3 Å². The van der Waals surface area contributed by atoms with E-state index in [9.17, 15) is 0 Å². The molecule has 6 nitrogen and oxygen atoms in total. The molecule has 1 aliphatic rings. The van der Waals surface area contributed by atoms with Gasteiger partial charge in [0.15, 0.2) is 5.82 Å². The van der Waals surface area contributed by atoms with Gasteiger partial charge in [0.25, 0.3) is 0 Å². The highest BCUT2D eigenvalue weighted by atomic mass is 16.5. The molecule has 0 bridgehead atoms. The summed E-state index contributed by atoms with van der Waals surface area (Å²) in [6, 6.07) is 16.8. The Morgan fingerprint density at radius 3 is 2.85 bits per heavy atom. The third-order valence-electron chi connectivity index (χ3n) is 4.87. The molecule has 0 radical (unpaired) electrons. The number of hydrogen-bond donors (Lipinski definition) is 1. The van der Waals surface area contributed by atoms with E-state index in [-0.39, 0.29) is 0 Å². The molecular weight excluding hydrogens is 338 g/mol. The Kier molecular flexibility index (Phi) is 4.87. The number of nitrogens with one attached hydrogen (secondary N) is 1. The molecule has 6 heteroatoms. The second-order valence-electron chi connectivity index (χ2n) is 6.68. The van der Waals surface area contributed by atoms with Crippen LogP contribution in [0.1, 0.15) is 18.1 Å². The van der Waals surface area contributed by atoms with Crippen molar-refractivity contribution in [2.24, 2.45) is 0 Å². The zero-order valence-electron chi connectivity index (χ0n) is 15.6. The predicted octanol–water partition coefficient (Wildman–Crippen LogP) is 3.62. The molecular formula is C21H23N5O. The van der Waals surface area contributed by atoms with Crippen LogP contribution in [0.5, 0.6) is 5.75 Å². The van der Waals surface area contributed by atoms with Crippen molar-refractivity contribution in [3.05, 3.63) is 65.9 Å². The number of benzene rings is 2. The van der Waals surface area contributed by atoms with Gasteiger partial charge in [-0.05, 0) is 43.0 Å². The van der Waals surface area contributed by atoms with Crippen LogP contribution in [0.15, 0.2) is 54.7 Å². The summed E-state index contributed by atoms with van der Waals surface area (Å²) in [6.45, 7) is 2.91. The second kappa shape index (κ2) is 7.61. The molecule has 138 valence electrons. The Bertz CT molecular complexity index is 930. The van der Waals surface area contributed by atoms with Crippen LogP contribution >= 0.6 is 0 Å². The predicted molar refractivity (Wildman–Crippen MR) is 107 cm³/mol. The van der Waals surface area contributed by atoms with E-state index in [2.05, 4.69) is 62.7 Å². The third-order valence-corrected chi connectivity index (χ3v) is 4.87. The molecule has 0 aliphatic carbocycles. The Balaban J connectivity index is 1.47. The number of anilines is 3. The molecule has 1 unspecified atom stereocenters. The van der Waals surface area contributed by atoms with Crippen LogP contribution in [0.3, 0.4) is 0 Å². The smallest absolute Gasteiger partial charge is 0.244 e. The summed E-state index contributed by atoms with van der Waals surface area (Å²) in [5, 5.41) is 11.6. The molecule has 0 saturated carbocycles. The average Bonchev–Trinajstić information content (AvgIpc) is 3.04. The number of hydrogen-bond acceptors (Lipinski definition) is 6. The summed E-state index contributed by atoms with van der Waals surface area (Å²) in [4.78, 5) is 6.92. The van der Waals surface area contributed by atoms with Crippen molar-refractivity contribution < 1.29 is 4.74 Å². The van der Waals surface area contributed by atoms with Gasteiger partial charge in [-0.2, -0.15) is 10.1 Å². The first-order valence-electron chi connectivity index (χ1n) is 9.19. The van der Waals surface area contributed by atoms with Crippen LogP contribution in [-0.2, 0) is 12.8 Å². The van der Waals surface area contributed by atoms with Gasteiger partial charge in [-0.1, -0.05) is 36.4 Å². The van der Waals surface area contributed by atoms with Gasteiger partial charge in [0, 0.05) is 18.3 Å². The van der Waals surface area contributed by atoms with Crippen molar-refractivity contribution in [3.8, 4) is 5.75 Å². The van der Waals surface area contributed by atoms with Gasteiger partial charge in [-0.3, -0.25) is 0 Å². The molecule has 1 aromatic heterocycles. The quantitative estimate of drug-likeness (QED) is 0.723. The van der Waals surface area contributed by atoms with E-state index in [1.807, 2.05) is 18.2 Å². The largest absolute Gasteiger partial charge is 0.496 e. The van der Waals surface area contributed by atoms with Crippen LogP contribution < -0.4 is 15.0 Å². The highest BCUT2D eigenvalue weighted by molar-refractivity contribution is 5.68. The van der Waals surface area contributed by atoms with E-state index in [1.54, 1.807) is 13.3 Å². The monoisotopic (exact) mass is 361 g/mol. The molecule has 1 atom stereocenters. The zero-order valence-corrected chi connectivity index (χ0v) is 15.6. The maximum Gasteiger partial charge on any atom is 0.244 e. The maximum atomic E-state index is 5.40. The fourth-order valence-electron chi connectivity index (χ4n) is 3.62. The van der Waals surface area contributed by atoms with E-state index in [0.717, 1.165) is 30.0 Å². The molecule has 0 saturated heterocycles. The molecule has 0 fully saturated rings. The van der Waals surface area contributed by atoms with Gasteiger partial charge in [-0.15, -0.1) is 5.10 Å². The van der Waals surface area contributed by atoms with E-state index in [1.165, 1.54) is 11.3 Å². The first-order valence-corrected chi connectivity index (χ1v) is 9.19. The van der Waals surface area contributed by atoms with Crippen LogP contribution in [0.25, 0.3) is 0 Å². The van der Waals surface area contributed by atoms with Gasteiger partial charge < -0.3 is 15.0 Å². The first-order chi connectivity index (χ1) is 13.3. The molecule has 2 heterocycles. The summed E-state index contributed by atoms with van der Waals surface area (Å²) in [6.07, 6.45) is 3.56. The Morgan fingerprint density at radius 2 is 1.96 bits per heavy atom. The minimum Gasteiger partial charge on any atom is -0.496 e. The Labute approximate surface area is 159 Å². The van der Waals surface area contributed by atoms with Crippen molar-refractivity contribution in [3.63, 3.8) is 0 Å². The van der Waals surface area contributed by atoms with Crippen molar-refractivity contribution >= 4 is 17.5 Å². The van der Waals surface area contributed by atoms with E-state index in [4.69, 9.17) is 4.74 Å². The van der Waals surface area contributed by atoms with Crippen molar-refractivity contribution in [2.75, 3.05) is 23.9 Å². The highest BCUT2D eigenvalue weighted by Crippen LogP contribution is 2.36. The topological polar surface area (TPSA) is 63.2 Å². The first kappa shape index (κ1) is 17.3. The molecule has 1 aliphatic heterocycles. The lowest BCUT2D eigenvalue weighted by molar-refractivity contribution is 0.410. The summed E-state index contributed by atoms with van der Waals surface area (Å²) >= 11 is 0. The number of nitrogens with zero attached hydrogens (tertiary/aromatic N) is 4. The third kappa shape index (κ3) is 3.56. The van der Waals surface area contributed by atoms with E-state index in [0.29, 0.717) is 18.5 Å². The van der Waals surface area contributed by atoms with Crippen LogP contribution in [0.2, 0.25) is 0 Å². The molecule has 27 heavy (non-hydrogen) atoms. The van der Waals surface area contributed by atoms with Gasteiger partial charge in [-0.25, -0.2) is 0 Å². The van der Waals surface area contributed by atoms with Crippen molar-refractivity contribution in [1.82, 2.24) is 15.2 Å². The fraction of sp³-hybridized carbons (Fsp3) is 0.286. The number of fused-ring (bicyclic) bond motifs is 1. The van der Waals surface area contributed by atoms with Crippen LogP contribution in [0.4, 0.5) is 17.5 Å². The van der Waals surface area contributed by atoms with Crippen molar-refractivity contribution in [1.29, 1.82) is 0 Å². The minimum absolute atomic E-state index is 0.348. The Hall–Kier alpha value is -3.15. The molecule has 0 amide bonds. The highest BCUT2D eigenvalue weighted by Gasteiger charge is 2.28. The number of aromatic nitrogens is 3. The average molecular weight is 361 g/mol. The number of methoxy groups -OCH3 is 1. The SMILES string of the molecule is COc1ccccc1CCNc1nncc(N2c3ccccc3CC2C)n1. The van der Waals surface area contributed by atoms with Gasteiger partial charge in [0.2, 0.25) is 5.95 Å². The molecule has 0 spiro atoms. The van der Waals surface area contributed by atoms with Gasteiger partial charge in [0.1, 0.15) is 5.75 Å². The molecule has 3 aromatic rings. The summed E-state index contributed by atoms with van der Waals surface area (Å²) < 4.78 is 5.40. The molecule has 1 N–H and O–H groups in total. The fourth-order valence-corrected chi connectivity index (χ4v) is 3.62. The lowest BCUT2D eigenvalue weighted by Crippen LogP contribution is -2.25. The van der Waals surface area contributed by atoms with E-state index < -0.39 is 0 Å². The van der Waals surface area contributed by atoms with Crippen LogP contribution in [0, 0.1) is 0 Å². The second-order valence-corrected chi connectivity index (χ2v) is 6.68. The van der Waals surface area contributed by atoms with E-state index >= 15 is 0 Å². The normalized spacial score (nSPS) is 15.5. The van der Waals surface area contributed by atoms with Gasteiger partial charge >= 0.3 is 0 Å². The number of para-hydroxylation sites is 2. The summed E-state index contributed by atoms with van der Waals surface area (Å²) in [5.41, 5.74) is 3.69. The standard InChI is InChI=1S/C21H23N5O/c1-15-13-17-8-3-5-9-18(17)26(15)20-14-23-25-21(24-20)22-12-11-16-7-4-6-10-19(16)27-2/h3-10,14-15H,11-13H2,1-2H3,(H,22,24,25). The lowest BCUT2D eigenvalue weighted by atomic mass is 10.1. The zero-order chi connectivity index (χ0) is 18.6.